The maximum absolute atomic E-state index is 5.94. The summed E-state index contributed by atoms with van der Waals surface area (Å²) in [6.45, 7) is 2.07. The molecule has 0 heterocycles. The lowest BCUT2D eigenvalue weighted by Gasteiger charge is -2.01. The van der Waals surface area contributed by atoms with E-state index < -0.39 is 0 Å². The Kier molecular flexibility index (Phi) is 2.64. The van der Waals surface area contributed by atoms with Crippen molar-refractivity contribution in [2.24, 2.45) is 0 Å². The Morgan fingerprint density at radius 2 is 2.10 bits per heavy atom. The highest BCUT2D eigenvalue weighted by atomic mass is 127. The molecule has 0 radical (unpaired) electrons. The number of hydrogen-bond donors (Lipinski definition) is 0. The maximum atomic E-state index is 5.94. The molecule has 1 aromatic carbocycles. The molecule has 0 saturated carbocycles. The van der Waals surface area contributed by atoms with Crippen LogP contribution in [0.3, 0.4) is 0 Å². The van der Waals surface area contributed by atoms with E-state index in [1.807, 2.05) is 7.85 Å². The highest BCUT2D eigenvalue weighted by molar-refractivity contribution is 14.1. The monoisotopic (exact) mass is 264 g/mol. The first-order chi connectivity index (χ1) is 4.61. The molecular weight excluding hydrogens is 257 g/mol. The van der Waals surface area contributed by atoms with E-state index in [0.29, 0.717) is 0 Å². The third-order valence-corrected chi connectivity index (χ3v) is 3.03. The summed E-state index contributed by atoms with van der Waals surface area (Å²) in [6, 6.07) is 4.17. The van der Waals surface area contributed by atoms with Gasteiger partial charge in [-0.25, -0.2) is 0 Å². The quantitative estimate of drug-likeness (QED) is 0.492. The molecule has 0 N–H and O–H groups in total. The number of hydrogen-bond acceptors (Lipinski definition) is 0. The van der Waals surface area contributed by atoms with Crippen LogP contribution in [0.25, 0.3) is 0 Å². The molecule has 0 aliphatic heterocycles. The number of aryl methyl sites for hydroxylation is 1. The van der Waals surface area contributed by atoms with E-state index in [1.54, 1.807) is 0 Å². The zero-order chi connectivity index (χ0) is 7.72. The molecule has 1 aromatic rings. The van der Waals surface area contributed by atoms with E-state index in [2.05, 4.69) is 41.6 Å². The van der Waals surface area contributed by atoms with Gasteiger partial charge in [-0.15, -0.1) is 0 Å². The molecule has 0 amide bonds. The fourth-order valence-corrected chi connectivity index (χ4v) is 1.92. The molecule has 0 unspecified atom stereocenters. The van der Waals surface area contributed by atoms with Crippen molar-refractivity contribution in [1.29, 1.82) is 0 Å². The Balaban J connectivity index is 3.31. The van der Waals surface area contributed by atoms with E-state index >= 15 is 0 Å². The fraction of sp³-hybridized carbons (Fsp3) is 0.143. The van der Waals surface area contributed by atoms with Crippen molar-refractivity contribution in [3.05, 3.63) is 26.3 Å². The largest absolute Gasteiger partial charge is 0.141 e. The maximum Gasteiger partial charge on any atom is 0.141 e. The second-order valence-electron chi connectivity index (χ2n) is 2.38. The summed E-state index contributed by atoms with van der Waals surface area (Å²) in [6.07, 6.45) is 0. The minimum atomic E-state index is 0.881. The SMILES string of the molecule is Bc1cc(C)cc(I)c1Cl. The first-order valence-corrected chi connectivity index (χ1v) is 4.49. The topological polar surface area (TPSA) is 0 Å². The smallest absolute Gasteiger partial charge is 0.0838 e. The van der Waals surface area contributed by atoms with Crippen molar-refractivity contribution in [2.45, 2.75) is 6.92 Å². The van der Waals surface area contributed by atoms with Gasteiger partial charge in [-0.05, 0) is 35.6 Å². The van der Waals surface area contributed by atoms with E-state index in [9.17, 15) is 0 Å². The van der Waals surface area contributed by atoms with Crippen LogP contribution in [-0.2, 0) is 0 Å². The summed E-state index contributed by atoms with van der Waals surface area (Å²) in [7, 11) is 2.03. The Morgan fingerprint density at radius 1 is 1.50 bits per heavy atom. The van der Waals surface area contributed by atoms with Crippen molar-refractivity contribution >= 4 is 47.5 Å². The molecule has 52 valence electrons. The lowest BCUT2D eigenvalue weighted by atomic mass is 9.95. The van der Waals surface area contributed by atoms with Crippen LogP contribution in [0.4, 0.5) is 0 Å². The first-order valence-electron chi connectivity index (χ1n) is 3.03. The highest BCUT2D eigenvalue weighted by Gasteiger charge is 1.99. The summed E-state index contributed by atoms with van der Waals surface area (Å²) in [5, 5.41) is 0.881. The molecule has 0 aromatic heterocycles. The molecule has 0 spiro atoms. The van der Waals surface area contributed by atoms with Gasteiger partial charge in [-0.2, -0.15) is 0 Å². The molecule has 0 saturated heterocycles. The van der Waals surface area contributed by atoms with Gasteiger partial charge >= 0.3 is 0 Å². The second-order valence-corrected chi connectivity index (χ2v) is 3.92. The summed E-state index contributed by atoms with van der Waals surface area (Å²) in [5.41, 5.74) is 2.43. The standard InChI is InChI=1S/C7H7BClI/c1-4-2-5(8)7(9)6(10)3-4/h2-3H,8H2,1H3. The average molecular weight is 264 g/mol. The van der Waals surface area contributed by atoms with Crippen molar-refractivity contribution < 1.29 is 0 Å². The van der Waals surface area contributed by atoms with Crippen molar-refractivity contribution in [3.63, 3.8) is 0 Å². The van der Waals surface area contributed by atoms with Gasteiger partial charge in [0.25, 0.3) is 0 Å². The number of benzene rings is 1. The normalized spacial score (nSPS) is 9.90. The van der Waals surface area contributed by atoms with Gasteiger partial charge < -0.3 is 0 Å². The Hall–Kier alpha value is 0.305. The Bertz CT molecular complexity index is 237. The van der Waals surface area contributed by atoms with E-state index in [1.165, 1.54) is 5.56 Å². The second kappa shape index (κ2) is 3.14. The van der Waals surface area contributed by atoms with Gasteiger partial charge in [0.1, 0.15) is 7.85 Å². The lowest BCUT2D eigenvalue weighted by Crippen LogP contribution is -2.05. The molecule has 0 atom stereocenters. The highest BCUT2D eigenvalue weighted by Crippen LogP contribution is 2.16. The average Bonchev–Trinajstić information content (AvgIpc) is 1.82. The summed E-state index contributed by atoms with van der Waals surface area (Å²) < 4.78 is 1.14. The van der Waals surface area contributed by atoms with Crippen LogP contribution < -0.4 is 5.46 Å². The van der Waals surface area contributed by atoms with Crippen LogP contribution in [0.5, 0.6) is 0 Å². The number of halogens is 2. The first kappa shape index (κ1) is 8.40. The predicted molar refractivity (Wildman–Crippen MR) is 57.1 cm³/mol. The van der Waals surface area contributed by atoms with Crippen LogP contribution in [0.2, 0.25) is 5.02 Å². The Labute approximate surface area is 80.5 Å². The molecule has 0 nitrogen and oxygen atoms in total. The van der Waals surface area contributed by atoms with Crippen molar-refractivity contribution in [3.8, 4) is 0 Å². The van der Waals surface area contributed by atoms with Gasteiger partial charge in [0.05, 0.1) is 0 Å². The molecular formula is C7H7BClI. The van der Waals surface area contributed by atoms with E-state index in [4.69, 9.17) is 11.6 Å². The minimum Gasteiger partial charge on any atom is -0.0838 e. The lowest BCUT2D eigenvalue weighted by molar-refractivity contribution is 1.47. The van der Waals surface area contributed by atoms with Crippen molar-refractivity contribution in [2.75, 3.05) is 0 Å². The van der Waals surface area contributed by atoms with Gasteiger partial charge in [0, 0.05) is 8.59 Å². The fourth-order valence-electron chi connectivity index (χ4n) is 0.898. The minimum absolute atomic E-state index is 0.881. The molecule has 0 aliphatic carbocycles. The predicted octanol–water partition coefficient (Wildman–Crippen LogP) is 1.51. The Morgan fingerprint density at radius 3 is 2.60 bits per heavy atom. The summed E-state index contributed by atoms with van der Waals surface area (Å²) in [5.74, 6) is 0. The van der Waals surface area contributed by atoms with Crippen LogP contribution in [0, 0.1) is 10.5 Å². The van der Waals surface area contributed by atoms with E-state index in [-0.39, 0.29) is 0 Å². The molecule has 0 fully saturated rings. The molecule has 1 rings (SSSR count). The third-order valence-electron chi connectivity index (χ3n) is 1.35. The number of rotatable bonds is 0. The van der Waals surface area contributed by atoms with Gasteiger partial charge in [-0.3, -0.25) is 0 Å². The molecule has 10 heavy (non-hydrogen) atoms. The summed E-state index contributed by atoms with van der Waals surface area (Å²) >= 11 is 8.19. The van der Waals surface area contributed by atoms with Gasteiger partial charge in [0.2, 0.25) is 0 Å². The van der Waals surface area contributed by atoms with Crippen LogP contribution >= 0.6 is 34.2 Å². The molecule has 3 heteroatoms. The van der Waals surface area contributed by atoms with Crippen molar-refractivity contribution in [1.82, 2.24) is 0 Å². The van der Waals surface area contributed by atoms with E-state index in [0.717, 1.165) is 14.1 Å². The van der Waals surface area contributed by atoms with Crippen LogP contribution in [-0.4, -0.2) is 7.85 Å². The van der Waals surface area contributed by atoms with Gasteiger partial charge in [-0.1, -0.05) is 28.7 Å². The zero-order valence-electron chi connectivity index (χ0n) is 5.91. The zero-order valence-corrected chi connectivity index (χ0v) is 8.82. The molecule has 0 aliphatic rings. The third kappa shape index (κ3) is 1.67. The van der Waals surface area contributed by atoms with Gasteiger partial charge in [0.15, 0.2) is 0 Å². The molecule has 0 bridgehead atoms. The summed E-state index contributed by atoms with van der Waals surface area (Å²) in [4.78, 5) is 0. The van der Waals surface area contributed by atoms with Crippen LogP contribution in [0.15, 0.2) is 12.1 Å². The van der Waals surface area contributed by atoms with Crippen LogP contribution in [0.1, 0.15) is 5.56 Å².